The lowest BCUT2D eigenvalue weighted by Crippen LogP contribution is -1.95. The highest BCUT2D eigenvalue weighted by Crippen LogP contribution is 2.34. The zero-order valence-corrected chi connectivity index (χ0v) is 11.9. The Kier molecular flexibility index (Phi) is 3.63. The molecule has 0 bridgehead atoms. The van der Waals surface area contributed by atoms with Crippen LogP contribution in [0.4, 0.5) is 4.39 Å². The number of aromatic nitrogens is 2. The Balaban J connectivity index is 2.28. The Hall–Kier alpha value is -3.06. The maximum absolute atomic E-state index is 13.7. The van der Waals surface area contributed by atoms with Crippen molar-refractivity contribution in [1.29, 1.82) is 5.26 Å². The largest absolute Gasteiger partial charge is 0.245 e. The maximum atomic E-state index is 13.7. The number of hydrogen-bond acceptors (Lipinski definition) is 3. The third kappa shape index (κ3) is 2.33. The minimum atomic E-state index is -0.375. The van der Waals surface area contributed by atoms with Crippen molar-refractivity contribution in [3.05, 3.63) is 71.9 Å². The van der Waals surface area contributed by atoms with Crippen molar-refractivity contribution in [1.82, 2.24) is 9.97 Å². The number of benzene rings is 2. The zero-order chi connectivity index (χ0) is 15.5. The topological polar surface area (TPSA) is 49.6 Å². The molecule has 1 aromatic heterocycles. The van der Waals surface area contributed by atoms with Crippen LogP contribution in [0.3, 0.4) is 0 Å². The summed E-state index contributed by atoms with van der Waals surface area (Å²) in [5.74, 6) is -0.375. The molecule has 3 aromatic rings. The highest BCUT2D eigenvalue weighted by atomic mass is 19.1. The molecule has 0 saturated carbocycles. The summed E-state index contributed by atoms with van der Waals surface area (Å²) in [6.07, 6.45) is 3.15. The van der Waals surface area contributed by atoms with Crippen molar-refractivity contribution in [3.63, 3.8) is 0 Å². The molecule has 0 aliphatic heterocycles. The lowest BCUT2D eigenvalue weighted by Gasteiger charge is -2.12. The van der Waals surface area contributed by atoms with Gasteiger partial charge in [0.15, 0.2) is 0 Å². The van der Waals surface area contributed by atoms with Crippen LogP contribution in [0, 0.1) is 24.1 Å². The van der Waals surface area contributed by atoms with Crippen molar-refractivity contribution in [2.24, 2.45) is 0 Å². The van der Waals surface area contributed by atoms with E-state index in [1.54, 1.807) is 25.3 Å². The molecule has 0 unspecified atom stereocenters. The fourth-order valence-corrected chi connectivity index (χ4v) is 2.45. The van der Waals surface area contributed by atoms with Crippen molar-refractivity contribution >= 4 is 0 Å². The SMILES string of the molecule is Cc1c(F)ccc(-c2ccccc2-c2ccncn2)c1C#N. The fraction of sp³-hybridized carbons (Fsp3) is 0.0556. The number of nitriles is 1. The van der Waals surface area contributed by atoms with Crippen LogP contribution in [0.25, 0.3) is 22.4 Å². The second-order valence-corrected chi connectivity index (χ2v) is 4.85. The Bertz CT molecular complexity index is 867. The van der Waals surface area contributed by atoms with Crippen LogP contribution in [0.2, 0.25) is 0 Å². The molecule has 0 aliphatic carbocycles. The van der Waals surface area contributed by atoms with Gasteiger partial charge in [0.2, 0.25) is 0 Å². The minimum Gasteiger partial charge on any atom is -0.245 e. The van der Waals surface area contributed by atoms with Gasteiger partial charge in [-0.2, -0.15) is 5.26 Å². The third-order valence-electron chi connectivity index (χ3n) is 3.59. The van der Waals surface area contributed by atoms with E-state index < -0.39 is 0 Å². The van der Waals surface area contributed by atoms with Gasteiger partial charge in [0.25, 0.3) is 0 Å². The zero-order valence-electron chi connectivity index (χ0n) is 11.9. The van der Waals surface area contributed by atoms with Gasteiger partial charge < -0.3 is 0 Å². The quantitative estimate of drug-likeness (QED) is 0.712. The summed E-state index contributed by atoms with van der Waals surface area (Å²) in [7, 11) is 0. The monoisotopic (exact) mass is 289 g/mol. The molecule has 0 fully saturated rings. The lowest BCUT2D eigenvalue weighted by molar-refractivity contribution is 0.618. The summed E-state index contributed by atoms with van der Waals surface area (Å²) >= 11 is 0. The fourth-order valence-electron chi connectivity index (χ4n) is 2.45. The molecular formula is C18H12FN3. The first-order valence-electron chi connectivity index (χ1n) is 6.77. The third-order valence-corrected chi connectivity index (χ3v) is 3.59. The van der Waals surface area contributed by atoms with Crippen LogP contribution in [0.1, 0.15) is 11.1 Å². The first-order chi connectivity index (χ1) is 10.7. The molecule has 0 aliphatic rings. The van der Waals surface area contributed by atoms with E-state index in [4.69, 9.17) is 0 Å². The normalized spacial score (nSPS) is 10.2. The van der Waals surface area contributed by atoms with Crippen molar-refractivity contribution < 1.29 is 4.39 Å². The molecular weight excluding hydrogens is 277 g/mol. The molecule has 1 heterocycles. The van der Waals surface area contributed by atoms with Crippen LogP contribution in [0.15, 0.2) is 55.0 Å². The molecule has 0 radical (unpaired) electrons. The van der Waals surface area contributed by atoms with E-state index >= 15 is 0 Å². The maximum Gasteiger partial charge on any atom is 0.127 e. The van der Waals surface area contributed by atoms with Crippen LogP contribution in [-0.2, 0) is 0 Å². The number of halogens is 1. The molecule has 3 nitrogen and oxygen atoms in total. The van der Waals surface area contributed by atoms with Gasteiger partial charge in [-0.15, -0.1) is 0 Å². The predicted molar refractivity (Wildman–Crippen MR) is 82.3 cm³/mol. The van der Waals surface area contributed by atoms with Gasteiger partial charge in [-0.05, 0) is 24.6 Å². The molecule has 0 atom stereocenters. The molecule has 4 heteroatoms. The summed E-state index contributed by atoms with van der Waals surface area (Å²) in [4.78, 5) is 8.18. The van der Waals surface area contributed by atoms with Crippen LogP contribution in [-0.4, -0.2) is 9.97 Å². The van der Waals surface area contributed by atoms with Crippen LogP contribution >= 0.6 is 0 Å². The van der Waals surface area contributed by atoms with Crippen LogP contribution in [0.5, 0.6) is 0 Å². The summed E-state index contributed by atoms with van der Waals surface area (Å²) < 4.78 is 13.7. The summed E-state index contributed by atoms with van der Waals surface area (Å²) in [5.41, 5.74) is 3.90. The molecule has 106 valence electrons. The van der Waals surface area contributed by atoms with Gasteiger partial charge >= 0.3 is 0 Å². The van der Waals surface area contributed by atoms with Crippen molar-refractivity contribution in [2.45, 2.75) is 6.92 Å². The van der Waals surface area contributed by atoms with E-state index in [1.807, 2.05) is 24.3 Å². The van der Waals surface area contributed by atoms with E-state index in [2.05, 4.69) is 16.0 Å². The Morgan fingerprint density at radius 3 is 2.45 bits per heavy atom. The number of nitrogens with zero attached hydrogens (tertiary/aromatic N) is 3. The Morgan fingerprint density at radius 1 is 1.00 bits per heavy atom. The second kappa shape index (κ2) is 5.74. The first-order valence-corrected chi connectivity index (χ1v) is 6.77. The molecule has 0 N–H and O–H groups in total. The Labute approximate surface area is 127 Å². The molecule has 0 amide bonds. The van der Waals surface area contributed by atoms with Gasteiger partial charge in [-0.1, -0.05) is 30.3 Å². The molecule has 0 saturated heterocycles. The van der Waals surface area contributed by atoms with E-state index in [1.165, 1.54) is 12.4 Å². The Morgan fingerprint density at radius 2 is 1.77 bits per heavy atom. The predicted octanol–water partition coefficient (Wildman–Crippen LogP) is 4.13. The van der Waals surface area contributed by atoms with Crippen molar-refractivity contribution in [3.8, 4) is 28.5 Å². The first kappa shape index (κ1) is 13.9. The van der Waals surface area contributed by atoms with E-state index in [0.29, 0.717) is 16.7 Å². The standard InChI is InChI=1S/C18H12FN3/c1-12-16(10-20)14(6-7-17(12)19)13-4-2-3-5-15(13)18-8-9-21-11-22-18/h2-9,11H,1H3. The van der Waals surface area contributed by atoms with Gasteiger partial charge in [0.05, 0.1) is 11.3 Å². The summed E-state index contributed by atoms with van der Waals surface area (Å²) in [5, 5.41) is 9.40. The number of rotatable bonds is 2. The molecule has 22 heavy (non-hydrogen) atoms. The van der Waals surface area contributed by atoms with Gasteiger partial charge in [-0.3, -0.25) is 0 Å². The van der Waals surface area contributed by atoms with E-state index in [-0.39, 0.29) is 5.82 Å². The second-order valence-electron chi connectivity index (χ2n) is 4.85. The smallest absolute Gasteiger partial charge is 0.127 e. The average Bonchev–Trinajstić information content (AvgIpc) is 2.58. The minimum absolute atomic E-state index is 0.349. The molecule has 0 spiro atoms. The van der Waals surface area contributed by atoms with Gasteiger partial charge in [-0.25, -0.2) is 14.4 Å². The van der Waals surface area contributed by atoms with E-state index in [9.17, 15) is 9.65 Å². The summed E-state index contributed by atoms with van der Waals surface area (Å²) in [6.45, 7) is 1.62. The van der Waals surface area contributed by atoms with Crippen LogP contribution < -0.4 is 0 Å². The van der Waals surface area contributed by atoms with Gasteiger partial charge in [0, 0.05) is 22.9 Å². The highest BCUT2D eigenvalue weighted by Gasteiger charge is 2.15. The highest BCUT2D eigenvalue weighted by molar-refractivity contribution is 5.85. The lowest BCUT2D eigenvalue weighted by atomic mass is 9.92. The molecule has 3 rings (SSSR count). The summed E-state index contributed by atoms with van der Waals surface area (Å²) in [6, 6.07) is 14.6. The number of hydrogen-bond donors (Lipinski definition) is 0. The molecule has 2 aromatic carbocycles. The average molecular weight is 289 g/mol. The van der Waals surface area contributed by atoms with Gasteiger partial charge in [0.1, 0.15) is 18.2 Å². The van der Waals surface area contributed by atoms with Crippen molar-refractivity contribution in [2.75, 3.05) is 0 Å². The van der Waals surface area contributed by atoms with E-state index in [0.717, 1.165) is 16.8 Å².